The van der Waals surface area contributed by atoms with Crippen LogP contribution in [0.2, 0.25) is 13.1 Å². The lowest BCUT2D eigenvalue weighted by atomic mass is 10.6. The Kier molecular flexibility index (Phi) is 6.72. The molecule has 0 atom stereocenters. The monoisotopic (exact) mass is 260 g/mol. The summed E-state index contributed by atoms with van der Waals surface area (Å²) in [5, 5.41) is 0. The number of methoxy groups -OCH3 is 2. The van der Waals surface area contributed by atoms with Crippen LogP contribution in [0.25, 0.3) is 0 Å². The summed E-state index contributed by atoms with van der Waals surface area (Å²) in [6.07, 6.45) is 4.57. The molecule has 0 aliphatic rings. The average Bonchev–Trinajstić information content (AvgIpc) is 2.22. The second-order valence-electron chi connectivity index (χ2n) is 3.32. The lowest BCUT2D eigenvalue weighted by Crippen LogP contribution is -2.38. The fourth-order valence-electron chi connectivity index (χ4n) is 0.821. The van der Waals surface area contributed by atoms with E-state index in [1.165, 1.54) is 26.7 Å². The molecular formula is C10H16O6Si. The molecule has 0 bridgehead atoms. The van der Waals surface area contributed by atoms with Crippen LogP contribution in [0.5, 0.6) is 0 Å². The molecule has 0 fully saturated rings. The van der Waals surface area contributed by atoms with Gasteiger partial charge in [-0.2, -0.15) is 0 Å². The van der Waals surface area contributed by atoms with Crippen LogP contribution in [0.3, 0.4) is 0 Å². The Hall–Kier alpha value is -1.76. The van der Waals surface area contributed by atoms with Crippen LogP contribution < -0.4 is 0 Å². The van der Waals surface area contributed by atoms with E-state index in [1.54, 1.807) is 13.1 Å². The van der Waals surface area contributed by atoms with Crippen LogP contribution in [-0.2, 0) is 27.9 Å². The molecule has 0 radical (unpaired) electrons. The number of hydrogen-bond acceptors (Lipinski definition) is 6. The van der Waals surface area contributed by atoms with Gasteiger partial charge in [0.25, 0.3) is 0 Å². The third kappa shape index (κ3) is 8.09. The van der Waals surface area contributed by atoms with Gasteiger partial charge in [0.1, 0.15) is 0 Å². The molecule has 6 nitrogen and oxygen atoms in total. The molecule has 7 heteroatoms. The van der Waals surface area contributed by atoms with E-state index in [9.17, 15) is 9.59 Å². The van der Waals surface area contributed by atoms with Crippen molar-refractivity contribution in [2.45, 2.75) is 13.1 Å². The topological polar surface area (TPSA) is 71.1 Å². The van der Waals surface area contributed by atoms with Gasteiger partial charge in [-0.15, -0.1) is 0 Å². The summed E-state index contributed by atoms with van der Waals surface area (Å²) in [5.41, 5.74) is 0. The molecule has 96 valence electrons. The van der Waals surface area contributed by atoms with Gasteiger partial charge in [0.2, 0.25) is 0 Å². The Labute approximate surface area is 101 Å². The van der Waals surface area contributed by atoms with Gasteiger partial charge in [0.15, 0.2) is 0 Å². The van der Waals surface area contributed by atoms with E-state index >= 15 is 0 Å². The van der Waals surface area contributed by atoms with Gasteiger partial charge in [-0.3, -0.25) is 0 Å². The van der Waals surface area contributed by atoms with Crippen LogP contribution >= 0.6 is 0 Å². The van der Waals surface area contributed by atoms with Crippen molar-refractivity contribution in [2.75, 3.05) is 14.2 Å². The first kappa shape index (κ1) is 15.2. The van der Waals surface area contributed by atoms with Gasteiger partial charge in [-0.05, 0) is 0 Å². The molecular weight excluding hydrogens is 244 g/mol. The van der Waals surface area contributed by atoms with Crippen LogP contribution in [0.15, 0.2) is 24.7 Å². The third-order valence-electron chi connectivity index (χ3n) is 1.37. The van der Waals surface area contributed by atoms with E-state index in [0.717, 1.165) is 12.2 Å². The van der Waals surface area contributed by atoms with Crippen molar-refractivity contribution in [3.63, 3.8) is 0 Å². The molecule has 17 heavy (non-hydrogen) atoms. The van der Waals surface area contributed by atoms with Crippen LogP contribution in [0.4, 0.5) is 0 Å². The van der Waals surface area contributed by atoms with Crippen molar-refractivity contribution in [3.05, 3.63) is 24.7 Å². The van der Waals surface area contributed by atoms with Crippen molar-refractivity contribution in [1.82, 2.24) is 0 Å². The first-order valence-electron chi connectivity index (χ1n) is 4.76. The van der Waals surface area contributed by atoms with Gasteiger partial charge in [-0.1, -0.05) is 0 Å². The lowest BCUT2D eigenvalue weighted by Gasteiger charge is -2.20. The molecule has 0 aromatic carbocycles. The second-order valence-corrected chi connectivity index (χ2v) is 6.53. The zero-order valence-electron chi connectivity index (χ0n) is 10.3. The van der Waals surface area contributed by atoms with Gasteiger partial charge in [0, 0.05) is 13.1 Å². The van der Waals surface area contributed by atoms with E-state index in [2.05, 4.69) is 9.47 Å². The van der Waals surface area contributed by atoms with Crippen molar-refractivity contribution >= 4 is 20.5 Å². The summed E-state index contributed by atoms with van der Waals surface area (Å²) in [7, 11) is -0.0328. The molecule has 0 rings (SSSR count). The zero-order valence-corrected chi connectivity index (χ0v) is 11.3. The van der Waals surface area contributed by atoms with E-state index in [1.807, 2.05) is 0 Å². The number of carbonyl (C=O) groups excluding carboxylic acids is 2. The van der Waals surface area contributed by atoms with Crippen molar-refractivity contribution < 1.29 is 27.9 Å². The van der Waals surface area contributed by atoms with Crippen molar-refractivity contribution in [1.29, 1.82) is 0 Å². The summed E-state index contributed by atoms with van der Waals surface area (Å²) in [4.78, 5) is 22.4. The van der Waals surface area contributed by atoms with Crippen molar-refractivity contribution in [2.24, 2.45) is 0 Å². The number of ether oxygens (including phenoxy) is 2. The van der Waals surface area contributed by atoms with Crippen LogP contribution in [0.1, 0.15) is 0 Å². The predicted octanol–water partition coefficient (Wildman–Crippen LogP) is 1.09. The first-order valence-corrected chi connectivity index (χ1v) is 7.57. The summed E-state index contributed by atoms with van der Waals surface area (Å²) in [6, 6.07) is 0. The Bertz CT molecular complexity index is 291. The Morgan fingerprint density at radius 1 is 0.882 bits per heavy atom. The van der Waals surface area contributed by atoms with E-state index in [4.69, 9.17) is 8.85 Å². The molecule has 0 aliphatic heterocycles. The Balaban J connectivity index is 4.28. The maximum absolute atomic E-state index is 11.2. The number of rotatable bonds is 6. The van der Waals surface area contributed by atoms with E-state index in [-0.39, 0.29) is 0 Å². The Morgan fingerprint density at radius 3 is 1.53 bits per heavy atom. The fraction of sp³-hybridized carbons (Fsp3) is 0.400. The van der Waals surface area contributed by atoms with E-state index < -0.39 is 20.5 Å². The quantitative estimate of drug-likeness (QED) is 0.404. The molecule has 0 saturated heterocycles. The standard InChI is InChI=1S/C10H16O6Si/c1-13-7-5-9(11)15-17(3,4)16-10(12)6-8-14-2/h5-8H,1-4H3. The molecule has 0 spiro atoms. The van der Waals surface area contributed by atoms with Crippen LogP contribution in [0, 0.1) is 0 Å². The summed E-state index contributed by atoms with van der Waals surface area (Å²) >= 11 is 0. The summed E-state index contributed by atoms with van der Waals surface area (Å²) < 4.78 is 19.1. The van der Waals surface area contributed by atoms with E-state index in [0.29, 0.717) is 0 Å². The second kappa shape index (κ2) is 7.50. The molecule has 0 aromatic rings. The molecule has 0 unspecified atom stereocenters. The lowest BCUT2D eigenvalue weighted by molar-refractivity contribution is -0.135. The van der Waals surface area contributed by atoms with Gasteiger partial charge < -0.3 is 18.3 Å². The Morgan fingerprint density at radius 2 is 1.24 bits per heavy atom. The van der Waals surface area contributed by atoms with Gasteiger partial charge >= 0.3 is 20.5 Å². The highest BCUT2D eigenvalue weighted by Crippen LogP contribution is 2.08. The fourth-order valence-corrected chi connectivity index (χ4v) is 1.97. The molecule has 0 amide bonds. The maximum atomic E-state index is 11.2. The molecule has 0 saturated carbocycles. The molecule has 0 aromatic heterocycles. The first-order chi connectivity index (χ1) is 7.91. The maximum Gasteiger partial charge on any atom is 0.458 e. The number of carbonyl (C=O) groups is 2. The zero-order chi connectivity index (χ0) is 13.3. The van der Waals surface area contributed by atoms with Crippen LogP contribution in [-0.4, -0.2) is 34.7 Å². The molecule has 0 heterocycles. The number of hydrogen-bond donors (Lipinski definition) is 0. The smallest absolute Gasteiger partial charge is 0.458 e. The van der Waals surface area contributed by atoms with Crippen molar-refractivity contribution in [3.8, 4) is 0 Å². The molecule has 0 aliphatic carbocycles. The SMILES string of the molecule is COC=CC(=O)O[Si](C)(C)OC(=O)C=COC. The largest absolute Gasteiger partial charge is 0.504 e. The average molecular weight is 260 g/mol. The highest BCUT2D eigenvalue weighted by atomic mass is 28.4. The normalized spacial score (nSPS) is 11.5. The molecule has 0 N–H and O–H groups in total. The predicted molar refractivity (Wildman–Crippen MR) is 62.0 cm³/mol. The summed E-state index contributed by atoms with van der Waals surface area (Å²) in [6.45, 7) is 3.15. The summed E-state index contributed by atoms with van der Waals surface area (Å²) in [5.74, 6) is -1.24. The minimum absolute atomic E-state index is 0.618. The van der Waals surface area contributed by atoms with Gasteiger partial charge in [-0.25, -0.2) is 9.59 Å². The minimum atomic E-state index is -2.84. The highest BCUT2D eigenvalue weighted by Gasteiger charge is 2.32. The highest BCUT2D eigenvalue weighted by molar-refractivity contribution is 6.68. The van der Waals surface area contributed by atoms with Gasteiger partial charge in [0.05, 0.1) is 38.9 Å². The minimum Gasteiger partial charge on any atom is -0.504 e. The third-order valence-corrected chi connectivity index (χ3v) is 2.76.